The summed E-state index contributed by atoms with van der Waals surface area (Å²) in [5.41, 5.74) is 27.6. The van der Waals surface area contributed by atoms with E-state index in [0.717, 1.165) is 11.4 Å². The first kappa shape index (κ1) is 38.1. The zero-order valence-electron chi connectivity index (χ0n) is 37.9. The Morgan fingerprint density at radius 2 is 0.569 bits per heavy atom. The van der Waals surface area contributed by atoms with E-state index >= 15 is 0 Å². The summed E-state index contributed by atoms with van der Waals surface area (Å²) in [5, 5.41) is 0. The summed E-state index contributed by atoms with van der Waals surface area (Å²) >= 11 is 0. The summed E-state index contributed by atoms with van der Waals surface area (Å²) in [6.45, 7) is 14.3. The Labute approximate surface area is 383 Å². The Balaban J connectivity index is 1.02. The van der Waals surface area contributed by atoms with Crippen LogP contribution in [-0.2, 0) is 16.2 Å². The highest BCUT2D eigenvalue weighted by Crippen LogP contribution is 2.59. The lowest BCUT2D eigenvalue weighted by molar-refractivity contribution is 0.620. The lowest BCUT2D eigenvalue weighted by Crippen LogP contribution is -2.31. The van der Waals surface area contributed by atoms with Crippen molar-refractivity contribution in [2.45, 2.75) is 57.8 Å². The van der Waals surface area contributed by atoms with E-state index in [0.29, 0.717) is 0 Å². The lowest BCUT2D eigenvalue weighted by Gasteiger charge is -2.43. The van der Waals surface area contributed by atoms with Crippen LogP contribution in [0.25, 0.3) is 55.6 Å². The number of rotatable bonds is 2. The fraction of sp³-hybridized carbons (Fsp3) is 0.143. The van der Waals surface area contributed by atoms with Gasteiger partial charge in [-0.25, -0.2) is 0 Å². The minimum absolute atomic E-state index is 0.0881. The van der Waals surface area contributed by atoms with E-state index in [1.165, 1.54) is 112 Å². The highest BCUT2D eigenvalue weighted by Gasteiger charge is 2.43. The molecule has 65 heavy (non-hydrogen) atoms. The van der Waals surface area contributed by atoms with Crippen molar-refractivity contribution in [3.8, 4) is 55.6 Å². The van der Waals surface area contributed by atoms with Crippen LogP contribution in [0.5, 0.6) is 0 Å². The van der Waals surface area contributed by atoms with Crippen LogP contribution in [0.3, 0.4) is 0 Å². The molecule has 0 radical (unpaired) electrons. The van der Waals surface area contributed by atoms with Crippen molar-refractivity contribution in [2.24, 2.45) is 0 Å². The van der Waals surface area contributed by atoms with Gasteiger partial charge in [0.05, 0.1) is 22.7 Å². The number of hydrogen-bond donors (Lipinski definition) is 0. The van der Waals surface area contributed by atoms with Crippen molar-refractivity contribution in [3.05, 3.63) is 228 Å². The van der Waals surface area contributed by atoms with E-state index in [1.807, 2.05) is 0 Å². The van der Waals surface area contributed by atoms with E-state index in [-0.39, 0.29) is 16.2 Å². The van der Waals surface area contributed by atoms with Crippen LogP contribution in [-0.4, -0.2) is 0 Å². The monoisotopic (exact) mass is 834 g/mol. The number of anilines is 6. The van der Waals surface area contributed by atoms with Gasteiger partial charge in [-0.3, -0.25) is 0 Å². The first-order valence-corrected chi connectivity index (χ1v) is 23.2. The van der Waals surface area contributed by atoms with Crippen LogP contribution in [0.15, 0.2) is 194 Å². The van der Waals surface area contributed by atoms with E-state index < -0.39 is 0 Å². The molecular weight excluding hydrogens is 785 g/mol. The SMILES string of the molecule is CC1(C)c2ccccc2-c2cc3c(cc21)C(C)(C)c1ccccc1N3c1ccc2c(c1)-c1ccccc1-c1ccc(N3c4ccccc4C(C)(C)c4ccccc43)cc1-c1ccccc1-2. The van der Waals surface area contributed by atoms with Crippen LogP contribution in [0, 0.1) is 0 Å². The molecule has 0 unspecified atom stereocenters. The maximum atomic E-state index is 2.55. The molecule has 9 aromatic rings. The molecule has 0 saturated carbocycles. The largest absolute Gasteiger partial charge is 0.310 e. The molecule has 0 N–H and O–H groups in total. The second-order valence-electron chi connectivity index (χ2n) is 20.1. The molecule has 312 valence electrons. The number of benzene rings is 9. The average molecular weight is 835 g/mol. The maximum Gasteiger partial charge on any atom is 0.0509 e. The quantitative estimate of drug-likeness (QED) is 0.171. The van der Waals surface area contributed by atoms with Crippen LogP contribution in [0.4, 0.5) is 34.1 Å². The van der Waals surface area contributed by atoms with Crippen LogP contribution < -0.4 is 9.80 Å². The van der Waals surface area contributed by atoms with Crippen molar-refractivity contribution in [1.29, 1.82) is 0 Å². The minimum Gasteiger partial charge on any atom is -0.310 e. The fourth-order valence-electron chi connectivity index (χ4n) is 12.3. The molecule has 13 rings (SSSR count). The predicted octanol–water partition coefficient (Wildman–Crippen LogP) is 17.2. The van der Waals surface area contributed by atoms with Crippen molar-refractivity contribution in [2.75, 3.05) is 9.80 Å². The summed E-state index contributed by atoms with van der Waals surface area (Å²) in [7, 11) is 0. The van der Waals surface area contributed by atoms with Crippen molar-refractivity contribution >= 4 is 34.1 Å². The smallest absolute Gasteiger partial charge is 0.0509 e. The zero-order valence-corrected chi connectivity index (χ0v) is 37.9. The topological polar surface area (TPSA) is 6.48 Å². The molecule has 0 amide bonds. The number of hydrogen-bond acceptors (Lipinski definition) is 2. The first-order chi connectivity index (χ1) is 31.5. The van der Waals surface area contributed by atoms with Crippen molar-refractivity contribution in [3.63, 3.8) is 0 Å². The number of para-hydroxylation sites is 3. The average Bonchev–Trinajstić information content (AvgIpc) is 3.55. The molecule has 2 aliphatic carbocycles. The molecule has 2 heterocycles. The standard InChI is InChI=1S/C63H50N2/c1-61(2)51-24-12-11-23-47(51)50-37-60-56(38-55(50)61)63(5,6)54-27-15-18-30-59(54)65(60)40-32-34-46-41-19-7-9-21-43(41)48-35-39(31-33-45(48)42-20-8-10-22-44(42)49(46)36-40)64-57-28-16-13-25-52(57)62(3,4)53-26-14-17-29-58(53)64/h7-38H,1-6H3. The third kappa shape index (κ3) is 5.17. The summed E-state index contributed by atoms with van der Waals surface area (Å²) < 4.78 is 0. The Morgan fingerprint density at radius 3 is 1.05 bits per heavy atom. The van der Waals surface area contributed by atoms with Crippen LogP contribution >= 0.6 is 0 Å². The van der Waals surface area contributed by atoms with Gasteiger partial charge in [-0.15, -0.1) is 0 Å². The van der Waals surface area contributed by atoms with Gasteiger partial charge in [-0.2, -0.15) is 0 Å². The molecular formula is C63H50N2. The summed E-state index contributed by atoms with van der Waals surface area (Å²) in [4.78, 5) is 5.03. The second kappa shape index (κ2) is 13.3. The second-order valence-corrected chi connectivity index (χ2v) is 20.1. The van der Waals surface area contributed by atoms with Crippen molar-refractivity contribution < 1.29 is 0 Å². The first-order valence-electron chi connectivity index (χ1n) is 23.2. The number of fused-ring (bicyclic) bond motifs is 15. The van der Waals surface area contributed by atoms with E-state index in [2.05, 4.69) is 245 Å². The molecule has 0 aromatic heterocycles. The van der Waals surface area contributed by atoms with Crippen LogP contribution in [0.2, 0.25) is 0 Å². The van der Waals surface area contributed by atoms with Gasteiger partial charge >= 0.3 is 0 Å². The van der Waals surface area contributed by atoms with Gasteiger partial charge in [0.25, 0.3) is 0 Å². The van der Waals surface area contributed by atoms with Gasteiger partial charge in [0.15, 0.2) is 0 Å². The molecule has 0 fully saturated rings. The fourth-order valence-corrected chi connectivity index (χ4v) is 12.3. The predicted molar refractivity (Wildman–Crippen MR) is 273 cm³/mol. The Bertz CT molecular complexity index is 3430. The molecule has 9 aromatic carbocycles. The van der Waals surface area contributed by atoms with E-state index in [9.17, 15) is 0 Å². The maximum absolute atomic E-state index is 2.55. The molecule has 0 spiro atoms. The summed E-state index contributed by atoms with van der Waals surface area (Å²) in [6, 6.07) is 73.5. The highest BCUT2D eigenvalue weighted by molar-refractivity contribution is 6.06. The molecule has 0 saturated heterocycles. The molecule has 2 nitrogen and oxygen atoms in total. The third-order valence-electron chi connectivity index (χ3n) is 15.6. The molecule has 4 aliphatic rings. The highest BCUT2D eigenvalue weighted by atomic mass is 15.2. The Hall–Kier alpha value is -7.42. The normalized spacial score (nSPS) is 15.8. The zero-order chi connectivity index (χ0) is 44.0. The summed E-state index contributed by atoms with van der Waals surface area (Å²) in [6.07, 6.45) is 0. The van der Waals surface area contributed by atoms with Gasteiger partial charge in [-0.05, 0) is 138 Å². The number of nitrogens with zero attached hydrogens (tertiary/aromatic N) is 2. The minimum atomic E-state index is -0.200. The third-order valence-corrected chi connectivity index (χ3v) is 15.6. The molecule has 0 atom stereocenters. The Kier molecular flexibility index (Phi) is 7.80. The van der Waals surface area contributed by atoms with E-state index in [4.69, 9.17) is 0 Å². The van der Waals surface area contributed by atoms with Gasteiger partial charge in [0.1, 0.15) is 0 Å². The van der Waals surface area contributed by atoms with Gasteiger partial charge in [0.2, 0.25) is 0 Å². The van der Waals surface area contributed by atoms with E-state index in [1.54, 1.807) is 0 Å². The van der Waals surface area contributed by atoms with Gasteiger partial charge in [-0.1, -0.05) is 187 Å². The summed E-state index contributed by atoms with van der Waals surface area (Å²) in [5.74, 6) is 0. The molecule has 2 aliphatic heterocycles. The lowest BCUT2D eigenvalue weighted by atomic mass is 9.71. The van der Waals surface area contributed by atoms with Crippen LogP contribution in [0.1, 0.15) is 74.9 Å². The van der Waals surface area contributed by atoms with Gasteiger partial charge in [0, 0.05) is 27.6 Å². The Morgan fingerprint density at radius 1 is 0.231 bits per heavy atom. The van der Waals surface area contributed by atoms with Crippen molar-refractivity contribution in [1.82, 2.24) is 0 Å². The van der Waals surface area contributed by atoms with Gasteiger partial charge < -0.3 is 9.80 Å². The molecule has 0 bridgehead atoms. The molecule has 2 heteroatoms.